The van der Waals surface area contributed by atoms with Gasteiger partial charge in [-0.15, -0.1) is 0 Å². The molecule has 7 nitrogen and oxygen atoms in total. The van der Waals surface area contributed by atoms with Crippen LogP contribution in [0.2, 0.25) is 0 Å². The van der Waals surface area contributed by atoms with Crippen LogP contribution in [0.15, 0.2) is 29.2 Å². The maximum Gasteiger partial charge on any atom is 0.315 e. The van der Waals surface area contributed by atoms with Crippen LogP contribution in [-0.4, -0.2) is 51.6 Å². The second-order valence-corrected chi connectivity index (χ2v) is 9.04. The summed E-state index contributed by atoms with van der Waals surface area (Å²) in [6.07, 6.45) is 0.756. The predicted octanol–water partition coefficient (Wildman–Crippen LogP) is 3.14. The predicted molar refractivity (Wildman–Crippen MR) is 112 cm³/mol. The van der Waals surface area contributed by atoms with E-state index in [1.54, 1.807) is 24.3 Å². The first-order valence-electron chi connectivity index (χ1n) is 9.94. The molecule has 0 bridgehead atoms. The van der Waals surface area contributed by atoms with Crippen LogP contribution in [0.3, 0.4) is 0 Å². The second kappa shape index (κ2) is 12.0. The lowest BCUT2D eigenvalue weighted by molar-refractivity contribution is 0.108. The summed E-state index contributed by atoms with van der Waals surface area (Å²) in [6, 6.07) is 6.16. The molecule has 0 heterocycles. The van der Waals surface area contributed by atoms with E-state index >= 15 is 0 Å². The Balaban J connectivity index is 2.50. The van der Waals surface area contributed by atoms with Crippen molar-refractivity contribution in [1.29, 1.82) is 0 Å². The average Bonchev–Trinajstić information content (AvgIpc) is 2.65. The highest BCUT2D eigenvalue weighted by Gasteiger charge is 2.21. The molecule has 0 aliphatic heterocycles. The van der Waals surface area contributed by atoms with Crippen molar-refractivity contribution in [1.82, 2.24) is 14.9 Å². The lowest BCUT2D eigenvalue weighted by Crippen LogP contribution is -2.37. The standard InChI is InChI=1S/C20H35N3O4S/c1-6-23(7-2)28(25,26)19-11-9-18(10-12-19)17(5)22-20(24)21-13-8-14-27-15-16(3)4/h9-12,16-17H,6-8,13-15H2,1-5H3,(H2,21,22,24)/t17-/m0/s1. The van der Waals surface area contributed by atoms with Crippen LogP contribution in [0.5, 0.6) is 0 Å². The van der Waals surface area contributed by atoms with E-state index in [2.05, 4.69) is 24.5 Å². The van der Waals surface area contributed by atoms with Gasteiger partial charge in [0.15, 0.2) is 0 Å². The summed E-state index contributed by atoms with van der Waals surface area (Å²) in [4.78, 5) is 12.3. The molecule has 0 unspecified atom stereocenters. The van der Waals surface area contributed by atoms with E-state index < -0.39 is 10.0 Å². The third kappa shape index (κ3) is 7.77. The molecular weight excluding hydrogens is 378 g/mol. The summed E-state index contributed by atoms with van der Waals surface area (Å²) < 4.78 is 31.9. The monoisotopic (exact) mass is 413 g/mol. The van der Waals surface area contributed by atoms with Gasteiger partial charge >= 0.3 is 6.03 Å². The van der Waals surface area contributed by atoms with E-state index in [0.29, 0.717) is 32.2 Å². The molecule has 8 heteroatoms. The fourth-order valence-corrected chi connectivity index (χ4v) is 4.13. The Morgan fingerprint density at radius 3 is 2.25 bits per heavy atom. The molecule has 1 atom stereocenters. The molecule has 0 aliphatic rings. The van der Waals surface area contributed by atoms with Gasteiger partial charge in [-0.2, -0.15) is 4.31 Å². The topological polar surface area (TPSA) is 87.7 Å². The first-order valence-corrected chi connectivity index (χ1v) is 11.4. The molecule has 0 saturated heterocycles. The highest BCUT2D eigenvalue weighted by molar-refractivity contribution is 7.89. The summed E-state index contributed by atoms with van der Waals surface area (Å²) in [7, 11) is -3.47. The van der Waals surface area contributed by atoms with Gasteiger partial charge < -0.3 is 15.4 Å². The summed E-state index contributed by atoms with van der Waals surface area (Å²) in [5.41, 5.74) is 0.842. The smallest absolute Gasteiger partial charge is 0.315 e. The van der Waals surface area contributed by atoms with Crippen molar-refractivity contribution in [3.05, 3.63) is 29.8 Å². The van der Waals surface area contributed by atoms with Gasteiger partial charge in [-0.1, -0.05) is 39.8 Å². The molecule has 0 spiro atoms. The Morgan fingerprint density at radius 1 is 1.11 bits per heavy atom. The van der Waals surface area contributed by atoms with Crippen LogP contribution in [0.25, 0.3) is 0 Å². The largest absolute Gasteiger partial charge is 0.381 e. The highest BCUT2D eigenvalue weighted by atomic mass is 32.2. The van der Waals surface area contributed by atoms with E-state index in [4.69, 9.17) is 4.74 Å². The fraction of sp³-hybridized carbons (Fsp3) is 0.650. The summed E-state index contributed by atoms with van der Waals surface area (Å²) in [5.74, 6) is 0.505. The number of hydrogen-bond donors (Lipinski definition) is 2. The van der Waals surface area contributed by atoms with Gasteiger partial charge in [0, 0.05) is 32.8 Å². The van der Waals surface area contributed by atoms with E-state index in [1.165, 1.54) is 4.31 Å². The number of amides is 2. The maximum atomic E-state index is 12.5. The summed E-state index contributed by atoms with van der Waals surface area (Å²) in [6.45, 7) is 12.4. The van der Waals surface area contributed by atoms with Gasteiger partial charge in [-0.25, -0.2) is 13.2 Å². The van der Waals surface area contributed by atoms with Crippen molar-refractivity contribution < 1.29 is 17.9 Å². The van der Waals surface area contributed by atoms with Gasteiger partial charge in [0.25, 0.3) is 0 Å². The first-order chi connectivity index (χ1) is 13.2. The number of urea groups is 1. The summed E-state index contributed by atoms with van der Waals surface area (Å²) >= 11 is 0. The molecule has 1 aromatic carbocycles. The van der Waals surface area contributed by atoms with Crippen molar-refractivity contribution in [2.75, 3.05) is 32.8 Å². The molecule has 2 amide bonds. The Bertz CT molecular complexity index is 686. The number of ether oxygens (including phenoxy) is 1. The molecule has 0 aromatic heterocycles. The van der Waals surface area contributed by atoms with Crippen molar-refractivity contribution in [3.63, 3.8) is 0 Å². The van der Waals surface area contributed by atoms with Crippen LogP contribution in [-0.2, 0) is 14.8 Å². The van der Waals surface area contributed by atoms with E-state index in [-0.39, 0.29) is 17.0 Å². The zero-order valence-electron chi connectivity index (χ0n) is 17.7. The molecule has 0 radical (unpaired) electrons. The van der Waals surface area contributed by atoms with Crippen molar-refractivity contribution in [3.8, 4) is 0 Å². The fourth-order valence-electron chi connectivity index (χ4n) is 2.67. The first kappa shape index (κ1) is 24.4. The molecule has 2 N–H and O–H groups in total. The summed E-state index contributed by atoms with van der Waals surface area (Å²) in [5, 5.41) is 5.66. The maximum absolute atomic E-state index is 12.5. The van der Waals surface area contributed by atoms with Crippen molar-refractivity contribution >= 4 is 16.1 Å². The van der Waals surface area contributed by atoms with Crippen LogP contribution in [0.1, 0.15) is 52.6 Å². The number of rotatable bonds is 12. The van der Waals surface area contributed by atoms with Crippen LogP contribution in [0.4, 0.5) is 4.79 Å². The quantitative estimate of drug-likeness (QED) is 0.515. The SMILES string of the molecule is CCN(CC)S(=O)(=O)c1ccc([C@H](C)NC(=O)NCCCOCC(C)C)cc1. The van der Waals surface area contributed by atoms with Crippen LogP contribution in [0, 0.1) is 5.92 Å². The minimum atomic E-state index is -3.47. The van der Waals surface area contributed by atoms with Gasteiger partial charge in [0.1, 0.15) is 0 Å². The second-order valence-electron chi connectivity index (χ2n) is 7.10. The molecule has 0 fully saturated rings. The Labute approximate surface area is 169 Å². The van der Waals surface area contributed by atoms with Gasteiger partial charge in [-0.3, -0.25) is 0 Å². The Morgan fingerprint density at radius 2 is 1.71 bits per heavy atom. The number of benzene rings is 1. The van der Waals surface area contributed by atoms with E-state index in [9.17, 15) is 13.2 Å². The van der Waals surface area contributed by atoms with Gasteiger partial charge in [0.2, 0.25) is 10.0 Å². The van der Waals surface area contributed by atoms with Crippen LogP contribution >= 0.6 is 0 Å². The lowest BCUT2D eigenvalue weighted by Gasteiger charge is -2.19. The minimum Gasteiger partial charge on any atom is -0.381 e. The third-order valence-electron chi connectivity index (χ3n) is 4.27. The molecule has 1 aromatic rings. The highest BCUT2D eigenvalue weighted by Crippen LogP contribution is 2.19. The van der Waals surface area contributed by atoms with Crippen molar-refractivity contribution in [2.45, 2.75) is 52.0 Å². The number of nitrogens with zero attached hydrogens (tertiary/aromatic N) is 1. The molecular formula is C20H35N3O4S. The van der Waals surface area contributed by atoms with Gasteiger partial charge in [0.05, 0.1) is 10.9 Å². The minimum absolute atomic E-state index is 0.234. The molecule has 1 rings (SSSR count). The number of sulfonamides is 1. The average molecular weight is 414 g/mol. The Hall–Kier alpha value is -1.64. The Kier molecular flexibility index (Phi) is 10.5. The molecule has 0 aliphatic carbocycles. The lowest BCUT2D eigenvalue weighted by atomic mass is 10.1. The van der Waals surface area contributed by atoms with E-state index in [1.807, 2.05) is 20.8 Å². The van der Waals surface area contributed by atoms with Crippen LogP contribution < -0.4 is 10.6 Å². The normalized spacial score (nSPS) is 13.0. The van der Waals surface area contributed by atoms with Crippen molar-refractivity contribution in [2.24, 2.45) is 5.92 Å². The molecule has 160 valence electrons. The third-order valence-corrected chi connectivity index (χ3v) is 6.34. The molecule has 28 heavy (non-hydrogen) atoms. The number of hydrogen-bond acceptors (Lipinski definition) is 4. The zero-order chi connectivity index (χ0) is 21.2. The van der Waals surface area contributed by atoms with Gasteiger partial charge in [-0.05, 0) is 37.0 Å². The zero-order valence-corrected chi connectivity index (χ0v) is 18.5. The number of carbonyl (C=O) groups excluding carboxylic acids is 1. The number of carbonyl (C=O) groups is 1. The van der Waals surface area contributed by atoms with E-state index in [0.717, 1.165) is 18.6 Å². The molecule has 0 saturated carbocycles. The number of nitrogens with one attached hydrogen (secondary N) is 2.